The highest BCUT2D eigenvalue weighted by Crippen LogP contribution is 2.30. The first-order chi connectivity index (χ1) is 14.1. The third-order valence-corrected chi connectivity index (χ3v) is 4.81. The van der Waals surface area contributed by atoms with Crippen molar-refractivity contribution in [2.75, 3.05) is 32.1 Å². The summed E-state index contributed by atoms with van der Waals surface area (Å²) < 4.78 is 16.7. The molecule has 0 radical (unpaired) electrons. The Morgan fingerprint density at radius 2 is 2.00 bits per heavy atom. The van der Waals surface area contributed by atoms with E-state index in [1.165, 1.54) is 0 Å². The molecule has 0 fully saturated rings. The summed E-state index contributed by atoms with van der Waals surface area (Å²) in [4.78, 5) is 19.8. The molecule has 3 rings (SSSR count). The molecule has 0 spiro atoms. The number of likely N-dealkylation sites (N-methyl/N-ethyl adjacent to an activating group) is 1. The second kappa shape index (κ2) is 10.1. The van der Waals surface area contributed by atoms with Gasteiger partial charge in [-0.25, -0.2) is 4.98 Å². The van der Waals surface area contributed by atoms with E-state index in [-0.39, 0.29) is 12.5 Å². The van der Waals surface area contributed by atoms with Crippen molar-refractivity contribution in [3.05, 3.63) is 47.7 Å². The Kier molecular flexibility index (Phi) is 7.26. The van der Waals surface area contributed by atoms with Crippen molar-refractivity contribution in [3.8, 4) is 22.3 Å². The molecule has 8 heteroatoms. The highest BCUT2D eigenvalue weighted by molar-refractivity contribution is 7.13. The van der Waals surface area contributed by atoms with Gasteiger partial charge in [0.25, 0.3) is 0 Å². The zero-order chi connectivity index (χ0) is 20.6. The van der Waals surface area contributed by atoms with E-state index in [0.717, 1.165) is 10.6 Å². The van der Waals surface area contributed by atoms with E-state index in [0.29, 0.717) is 42.8 Å². The van der Waals surface area contributed by atoms with Crippen molar-refractivity contribution >= 4 is 22.9 Å². The van der Waals surface area contributed by atoms with Gasteiger partial charge in [0.1, 0.15) is 6.26 Å². The van der Waals surface area contributed by atoms with Gasteiger partial charge in [-0.1, -0.05) is 6.07 Å². The number of aromatic nitrogens is 1. The molecule has 0 saturated heterocycles. The number of amides is 1. The summed E-state index contributed by atoms with van der Waals surface area (Å²) in [5.74, 6) is 1.76. The second-order valence-corrected chi connectivity index (χ2v) is 7.32. The Balaban J connectivity index is 1.55. The van der Waals surface area contributed by atoms with Crippen molar-refractivity contribution in [1.29, 1.82) is 0 Å². The van der Waals surface area contributed by atoms with Gasteiger partial charge in [0.15, 0.2) is 11.5 Å². The Morgan fingerprint density at radius 1 is 1.21 bits per heavy atom. The predicted octanol–water partition coefficient (Wildman–Crippen LogP) is 4.27. The molecular weight excluding hydrogens is 390 g/mol. The van der Waals surface area contributed by atoms with Gasteiger partial charge in [0, 0.05) is 18.3 Å². The average molecular weight is 416 g/mol. The molecule has 0 aliphatic rings. The van der Waals surface area contributed by atoms with Crippen LogP contribution < -0.4 is 14.8 Å². The second-order valence-electron chi connectivity index (χ2n) is 6.37. The van der Waals surface area contributed by atoms with Gasteiger partial charge in [-0.15, -0.1) is 11.3 Å². The molecule has 1 aromatic carbocycles. The number of carbonyl (C=O) groups excluding carboxylic acids is 1. The molecule has 2 heterocycles. The molecule has 29 heavy (non-hydrogen) atoms. The van der Waals surface area contributed by atoms with Gasteiger partial charge in [0.05, 0.1) is 30.3 Å². The number of hydrogen-bond acceptors (Lipinski definition) is 7. The van der Waals surface area contributed by atoms with Crippen molar-refractivity contribution in [2.45, 2.75) is 20.4 Å². The van der Waals surface area contributed by atoms with Gasteiger partial charge in [0.2, 0.25) is 11.8 Å². The van der Waals surface area contributed by atoms with E-state index in [1.54, 1.807) is 35.8 Å². The lowest BCUT2D eigenvalue weighted by Gasteiger charge is -2.16. The lowest BCUT2D eigenvalue weighted by molar-refractivity contribution is -0.117. The van der Waals surface area contributed by atoms with Gasteiger partial charge < -0.3 is 19.2 Å². The smallest absolute Gasteiger partial charge is 0.238 e. The van der Waals surface area contributed by atoms with E-state index in [2.05, 4.69) is 10.3 Å². The van der Waals surface area contributed by atoms with E-state index in [1.807, 2.05) is 43.3 Å². The van der Waals surface area contributed by atoms with Gasteiger partial charge in [-0.05, 0) is 44.5 Å². The first-order valence-corrected chi connectivity index (χ1v) is 10.3. The first kappa shape index (κ1) is 20.9. The number of benzene rings is 1. The van der Waals surface area contributed by atoms with Crippen LogP contribution in [0.1, 0.15) is 19.5 Å². The number of carbonyl (C=O) groups is 1. The fraction of sp³-hybridized carbons (Fsp3) is 0.333. The molecule has 2 aromatic heterocycles. The zero-order valence-corrected chi connectivity index (χ0v) is 17.6. The quantitative estimate of drug-likeness (QED) is 0.533. The Hall–Kier alpha value is -2.84. The summed E-state index contributed by atoms with van der Waals surface area (Å²) in [6, 6.07) is 9.30. The first-order valence-electron chi connectivity index (χ1n) is 9.45. The minimum atomic E-state index is -0.124. The molecule has 1 amide bonds. The number of rotatable bonds is 10. The standard InChI is InChI=1S/C21H25N3O4S/c1-4-26-17-9-8-15(11-18(17)27-5-2)22-20(25)13-24(3)12-16-14-28-21(23-16)19-7-6-10-29-19/h6-11,14H,4-5,12-13H2,1-3H3,(H,22,25). The number of thiophene rings is 1. The van der Waals surface area contributed by atoms with E-state index >= 15 is 0 Å². The van der Waals surface area contributed by atoms with Gasteiger partial charge >= 0.3 is 0 Å². The van der Waals surface area contributed by atoms with Crippen LogP contribution in [0.15, 0.2) is 46.4 Å². The summed E-state index contributed by atoms with van der Waals surface area (Å²) in [5, 5.41) is 4.88. The minimum Gasteiger partial charge on any atom is -0.490 e. The normalized spacial score (nSPS) is 10.9. The van der Waals surface area contributed by atoms with Crippen LogP contribution in [0.3, 0.4) is 0 Å². The SMILES string of the molecule is CCOc1ccc(NC(=O)CN(C)Cc2coc(-c3cccs3)n2)cc1OCC. The zero-order valence-electron chi connectivity index (χ0n) is 16.8. The van der Waals surface area contributed by atoms with Crippen LogP contribution in [0.4, 0.5) is 5.69 Å². The summed E-state index contributed by atoms with van der Waals surface area (Å²) >= 11 is 1.58. The van der Waals surface area contributed by atoms with Crippen molar-refractivity contribution in [2.24, 2.45) is 0 Å². The van der Waals surface area contributed by atoms with Crippen molar-refractivity contribution < 1.29 is 18.7 Å². The number of nitrogens with one attached hydrogen (secondary N) is 1. The number of hydrogen-bond donors (Lipinski definition) is 1. The molecule has 0 bridgehead atoms. The molecule has 154 valence electrons. The monoisotopic (exact) mass is 415 g/mol. The molecule has 1 N–H and O–H groups in total. The van der Waals surface area contributed by atoms with Crippen LogP contribution in [-0.2, 0) is 11.3 Å². The number of nitrogens with zero attached hydrogens (tertiary/aromatic N) is 2. The van der Waals surface area contributed by atoms with Crippen molar-refractivity contribution in [1.82, 2.24) is 9.88 Å². The number of oxazole rings is 1. The molecule has 0 atom stereocenters. The Morgan fingerprint density at radius 3 is 2.72 bits per heavy atom. The lowest BCUT2D eigenvalue weighted by atomic mass is 10.2. The Bertz CT molecular complexity index is 924. The van der Waals surface area contributed by atoms with Crippen LogP contribution in [-0.4, -0.2) is 42.6 Å². The molecular formula is C21H25N3O4S. The predicted molar refractivity (Wildman–Crippen MR) is 114 cm³/mol. The highest BCUT2D eigenvalue weighted by Gasteiger charge is 2.13. The summed E-state index contributed by atoms with van der Waals surface area (Å²) in [7, 11) is 1.86. The lowest BCUT2D eigenvalue weighted by Crippen LogP contribution is -2.29. The fourth-order valence-corrected chi connectivity index (χ4v) is 3.46. The summed E-state index contributed by atoms with van der Waals surface area (Å²) in [6.07, 6.45) is 1.63. The maximum Gasteiger partial charge on any atom is 0.238 e. The van der Waals surface area contributed by atoms with E-state index in [9.17, 15) is 4.79 Å². The molecule has 3 aromatic rings. The van der Waals surface area contributed by atoms with Gasteiger partial charge in [-0.3, -0.25) is 9.69 Å². The third kappa shape index (κ3) is 5.82. The molecule has 0 aliphatic heterocycles. The van der Waals surface area contributed by atoms with Crippen molar-refractivity contribution in [3.63, 3.8) is 0 Å². The maximum atomic E-state index is 12.4. The van der Waals surface area contributed by atoms with E-state index < -0.39 is 0 Å². The van der Waals surface area contributed by atoms with Crippen LogP contribution in [0.2, 0.25) is 0 Å². The highest BCUT2D eigenvalue weighted by atomic mass is 32.1. The Labute approximate surface area is 174 Å². The largest absolute Gasteiger partial charge is 0.490 e. The van der Waals surface area contributed by atoms with Crippen LogP contribution in [0.5, 0.6) is 11.5 Å². The average Bonchev–Trinajstić information content (AvgIpc) is 3.35. The molecule has 7 nitrogen and oxygen atoms in total. The third-order valence-electron chi connectivity index (χ3n) is 3.96. The van der Waals surface area contributed by atoms with Crippen LogP contribution in [0, 0.1) is 0 Å². The minimum absolute atomic E-state index is 0.124. The van der Waals surface area contributed by atoms with Crippen LogP contribution in [0.25, 0.3) is 10.8 Å². The topological polar surface area (TPSA) is 76.8 Å². The van der Waals surface area contributed by atoms with Crippen LogP contribution >= 0.6 is 11.3 Å². The number of ether oxygens (including phenoxy) is 2. The summed E-state index contributed by atoms with van der Waals surface area (Å²) in [5.41, 5.74) is 1.44. The maximum absolute atomic E-state index is 12.4. The molecule has 0 unspecified atom stereocenters. The number of anilines is 1. The van der Waals surface area contributed by atoms with Gasteiger partial charge in [-0.2, -0.15) is 0 Å². The molecule has 0 saturated carbocycles. The molecule has 0 aliphatic carbocycles. The fourth-order valence-electron chi connectivity index (χ4n) is 2.80. The summed E-state index contributed by atoms with van der Waals surface area (Å²) in [6.45, 7) is 5.62. The van der Waals surface area contributed by atoms with E-state index in [4.69, 9.17) is 13.9 Å².